The van der Waals surface area contributed by atoms with Crippen LogP contribution >= 0.6 is 11.8 Å². The monoisotopic (exact) mass is 399 g/mol. The van der Waals surface area contributed by atoms with Gasteiger partial charge in [-0.3, -0.25) is 14.6 Å². The van der Waals surface area contributed by atoms with Crippen LogP contribution in [0.3, 0.4) is 0 Å². The third-order valence-electron chi connectivity index (χ3n) is 4.50. The van der Waals surface area contributed by atoms with Gasteiger partial charge >= 0.3 is 6.18 Å². The van der Waals surface area contributed by atoms with E-state index >= 15 is 0 Å². The number of halogens is 3. The fourth-order valence-electron chi connectivity index (χ4n) is 3.13. The minimum Gasteiger partial charge on any atom is -0.326 e. The molecule has 27 heavy (non-hydrogen) atoms. The predicted molar refractivity (Wildman–Crippen MR) is 98.5 cm³/mol. The van der Waals surface area contributed by atoms with Gasteiger partial charge in [0.25, 0.3) is 0 Å². The number of alkyl halides is 3. The van der Waals surface area contributed by atoms with Gasteiger partial charge in [-0.1, -0.05) is 37.1 Å². The molecule has 1 atom stereocenters. The highest BCUT2D eigenvalue weighted by Crippen LogP contribution is 2.31. The molecule has 1 aliphatic carbocycles. The lowest BCUT2D eigenvalue weighted by Crippen LogP contribution is -2.28. The fourth-order valence-corrected chi connectivity index (χ4v) is 4.17. The van der Waals surface area contributed by atoms with Gasteiger partial charge in [-0.2, -0.15) is 13.2 Å². The second-order valence-electron chi connectivity index (χ2n) is 6.65. The molecule has 9 heteroatoms. The largest absolute Gasteiger partial charge is 0.416 e. The Labute approximate surface area is 159 Å². The molecule has 0 aromatic heterocycles. The van der Waals surface area contributed by atoms with Crippen LogP contribution in [0.4, 0.5) is 18.9 Å². The third kappa shape index (κ3) is 5.47. The Balaban J connectivity index is 1.56. The second-order valence-corrected chi connectivity index (χ2v) is 7.84. The van der Waals surface area contributed by atoms with E-state index in [0.29, 0.717) is 5.17 Å². The summed E-state index contributed by atoms with van der Waals surface area (Å²) in [5, 5.41) is 5.03. The lowest BCUT2D eigenvalue weighted by molar-refractivity contribution is -0.137. The van der Waals surface area contributed by atoms with Gasteiger partial charge in [0.1, 0.15) is 5.25 Å². The zero-order valence-corrected chi connectivity index (χ0v) is 15.3. The first-order valence-electron chi connectivity index (χ1n) is 8.84. The van der Waals surface area contributed by atoms with E-state index in [1.165, 1.54) is 30.3 Å². The van der Waals surface area contributed by atoms with Crippen LogP contribution in [0, 0.1) is 0 Å². The predicted octanol–water partition coefficient (Wildman–Crippen LogP) is 3.95. The average molecular weight is 399 g/mol. The molecule has 1 aromatic carbocycles. The summed E-state index contributed by atoms with van der Waals surface area (Å²) < 4.78 is 38.2. The first kappa shape index (κ1) is 19.7. The molecule has 0 spiro atoms. The molecule has 2 N–H and O–H groups in total. The van der Waals surface area contributed by atoms with Crippen molar-refractivity contribution in [3.05, 3.63) is 29.8 Å². The molecular formula is C18H20F3N3O2S. The summed E-state index contributed by atoms with van der Waals surface area (Å²) in [6.07, 6.45) is 0.856. The van der Waals surface area contributed by atoms with Crippen molar-refractivity contribution >= 4 is 34.4 Å². The van der Waals surface area contributed by atoms with Crippen LogP contribution in [0.2, 0.25) is 0 Å². The third-order valence-corrected chi connectivity index (χ3v) is 5.59. The average Bonchev–Trinajstić information content (AvgIpc) is 2.94. The molecule has 1 saturated heterocycles. The van der Waals surface area contributed by atoms with Crippen molar-refractivity contribution < 1.29 is 22.8 Å². The number of aliphatic imine (C=N–C) groups is 1. The van der Waals surface area contributed by atoms with Crippen molar-refractivity contribution in [2.24, 2.45) is 4.99 Å². The first-order chi connectivity index (χ1) is 12.8. The molecule has 5 nitrogen and oxygen atoms in total. The molecule has 0 radical (unpaired) electrons. The second kappa shape index (κ2) is 8.33. The summed E-state index contributed by atoms with van der Waals surface area (Å²) >= 11 is 1.21. The number of anilines is 1. The van der Waals surface area contributed by atoms with Gasteiger partial charge in [-0.05, 0) is 31.0 Å². The lowest BCUT2D eigenvalue weighted by Gasteiger charge is -2.17. The highest BCUT2D eigenvalue weighted by atomic mass is 32.2. The summed E-state index contributed by atoms with van der Waals surface area (Å²) in [7, 11) is 0. The Kier molecular flexibility index (Phi) is 6.08. The number of nitrogens with one attached hydrogen (secondary N) is 2. The van der Waals surface area contributed by atoms with E-state index in [4.69, 9.17) is 0 Å². The van der Waals surface area contributed by atoms with Gasteiger partial charge in [0.15, 0.2) is 5.17 Å². The number of hydrogen-bond donors (Lipinski definition) is 2. The van der Waals surface area contributed by atoms with Gasteiger partial charge in [0.2, 0.25) is 11.8 Å². The van der Waals surface area contributed by atoms with Gasteiger partial charge in [-0.15, -0.1) is 0 Å². The van der Waals surface area contributed by atoms with Crippen LogP contribution in [0.15, 0.2) is 29.3 Å². The maximum Gasteiger partial charge on any atom is 0.416 e. The number of carbonyl (C=O) groups is 2. The van der Waals surface area contributed by atoms with Gasteiger partial charge in [-0.25, -0.2) is 0 Å². The summed E-state index contributed by atoms with van der Waals surface area (Å²) in [6.45, 7) is 0. The molecule has 0 unspecified atom stereocenters. The molecule has 1 aromatic rings. The number of amidine groups is 1. The highest BCUT2D eigenvalue weighted by molar-refractivity contribution is 8.15. The van der Waals surface area contributed by atoms with Gasteiger partial charge < -0.3 is 10.6 Å². The van der Waals surface area contributed by atoms with E-state index < -0.39 is 22.9 Å². The Morgan fingerprint density at radius 1 is 1.26 bits per heavy atom. The minimum absolute atomic E-state index is 0.0503. The van der Waals surface area contributed by atoms with Crippen LogP contribution < -0.4 is 10.6 Å². The minimum atomic E-state index is -4.48. The van der Waals surface area contributed by atoms with E-state index in [2.05, 4.69) is 15.6 Å². The van der Waals surface area contributed by atoms with Crippen molar-refractivity contribution in [2.45, 2.75) is 56.0 Å². The molecule has 146 valence electrons. The molecule has 3 rings (SSSR count). The maximum atomic E-state index is 12.7. The van der Waals surface area contributed by atoms with Crippen LogP contribution in [0.5, 0.6) is 0 Å². The normalized spacial score (nSPS) is 22.7. The van der Waals surface area contributed by atoms with Crippen molar-refractivity contribution in [2.75, 3.05) is 5.32 Å². The highest BCUT2D eigenvalue weighted by Gasteiger charge is 2.33. The molecule has 2 amide bonds. The number of benzene rings is 1. The van der Waals surface area contributed by atoms with Crippen LogP contribution in [-0.2, 0) is 15.8 Å². The number of amides is 2. The van der Waals surface area contributed by atoms with E-state index in [1.807, 2.05) is 0 Å². The number of carbonyl (C=O) groups excluding carboxylic acids is 2. The van der Waals surface area contributed by atoms with E-state index in [9.17, 15) is 22.8 Å². The van der Waals surface area contributed by atoms with Crippen molar-refractivity contribution in [1.29, 1.82) is 0 Å². The van der Waals surface area contributed by atoms with Crippen LogP contribution in [0.25, 0.3) is 0 Å². The Morgan fingerprint density at radius 3 is 2.70 bits per heavy atom. The molecule has 1 aliphatic heterocycles. The first-order valence-corrected chi connectivity index (χ1v) is 9.71. The standard InChI is InChI=1S/C18H20F3N3O2S/c19-18(20,21)11-5-4-8-13(9-11)22-15(25)10-14-16(26)24-17(27-14)23-12-6-2-1-3-7-12/h4-5,8-9,12,14H,1-3,6-7,10H2,(H,22,25)(H,23,24,26)/t14-/m1/s1. The maximum absolute atomic E-state index is 12.7. The van der Waals surface area contributed by atoms with Crippen LogP contribution in [-0.4, -0.2) is 28.3 Å². The molecule has 0 bridgehead atoms. The van der Waals surface area contributed by atoms with Crippen LogP contribution in [0.1, 0.15) is 44.1 Å². The Morgan fingerprint density at radius 2 is 2.00 bits per heavy atom. The van der Waals surface area contributed by atoms with Crippen molar-refractivity contribution in [1.82, 2.24) is 5.32 Å². The summed E-state index contributed by atoms with van der Waals surface area (Å²) in [4.78, 5) is 28.8. The number of nitrogens with zero attached hydrogens (tertiary/aromatic N) is 1. The Hall–Kier alpha value is -2.03. The molecular weight excluding hydrogens is 379 g/mol. The topological polar surface area (TPSA) is 70.6 Å². The zero-order valence-electron chi connectivity index (χ0n) is 14.5. The molecule has 2 aliphatic rings. The number of hydrogen-bond acceptors (Lipinski definition) is 4. The SMILES string of the molecule is O=C(C[C@H]1SC(=NC2CCCCC2)NC1=O)Nc1cccc(C(F)(F)F)c1. The quantitative estimate of drug-likeness (QED) is 0.805. The van der Waals surface area contributed by atoms with E-state index in [0.717, 1.165) is 37.8 Å². The summed E-state index contributed by atoms with van der Waals surface area (Å²) in [6, 6.07) is 4.62. The molecule has 2 fully saturated rings. The summed E-state index contributed by atoms with van der Waals surface area (Å²) in [5.41, 5.74) is -0.787. The number of thioether (sulfide) groups is 1. The molecule has 1 saturated carbocycles. The van der Waals surface area contributed by atoms with Crippen molar-refractivity contribution in [3.63, 3.8) is 0 Å². The van der Waals surface area contributed by atoms with E-state index in [-0.39, 0.29) is 24.1 Å². The summed E-state index contributed by atoms with van der Waals surface area (Å²) in [5.74, 6) is -0.811. The smallest absolute Gasteiger partial charge is 0.326 e. The number of rotatable bonds is 4. The molecule has 1 heterocycles. The fraction of sp³-hybridized carbons (Fsp3) is 0.500. The zero-order chi connectivity index (χ0) is 19.4. The van der Waals surface area contributed by atoms with Gasteiger partial charge in [0, 0.05) is 12.1 Å². The van der Waals surface area contributed by atoms with Gasteiger partial charge in [0.05, 0.1) is 11.6 Å². The lowest BCUT2D eigenvalue weighted by atomic mass is 9.96. The Bertz CT molecular complexity index is 746. The van der Waals surface area contributed by atoms with E-state index in [1.54, 1.807) is 0 Å². The van der Waals surface area contributed by atoms with Crippen molar-refractivity contribution in [3.8, 4) is 0 Å².